The molecule has 0 saturated heterocycles. The van der Waals surface area contributed by atoms with Gasteiger partial charge >= 0.3 is 5.97 Å². The third-order valence-electron chi connectivity index (χ3n) is 1.66. The molecule has 0 aliphatic rings. The maximum absolute atomic E-state index is 10.5. The molecule has 0 aromatic carbocycles. The van der Waals surface area contributed by atoms with Gasteiger partial charge in [-0.25, -0.2) is 4.98 Å². The highest BCUT2D eigenvalue weighted by Gasteiger charge is 2.14. The molecule has 74 valence electrons. The van der Waals surface area contributed by atoms with Crippen LogP contribution in [-0.4, -0.2) is 16.1 Å². The summed E-state index contributed by atoms with van der Waals surface area (Å²) in [5.41, 5.74) is 0.508. The van der Waals surface area contributed by atoms with Crippen molar-refractivity contribution in [3.8, 4) is 12.3 Å². The van der Waals surface area contributed by atoms with Crippen LogP contribution in [0.4, 0.5) is 0 Å². The third kappa shape index (κ3) is 2.33. The number of hydrogen-bond donors (Lipinski definition) is 1. The van der Waals surface area contributed by atoms with Crippen molar-refractivity contribution in [1.29, 1.82) is 0 Å². The molecule has 1 aromatic heterocycles. The monoisotopic (exact) mass is 209 g/mol. The summed E-state index contributed by atoms with van der Waals surface area (Å²) in [6.07, 6.45) is 5.17. The molecule has 0 unspecified atom stereocenters. The van der Waals surface area contributed by atoms with E-state index in [1.165, 1.54) is 11.3 Å². The van der Waals surface area contributed by atoms with Crippen LogP contribution in [-0.2, 0) is 11.2 Å². The van der Waals surface area contributed by atoms with Gasteiger partial charge in [-0.15, -0.1) is 17.8 Å². The maximum Gasteiger partial charge on any atom is 0.309 e. The molecule has 1 N–H and O–H groups in total. The lowest BCUT2D eigenvalue weighted by Gasteiger charge is -1.95. The minimum absolute atomic E-state index is 0.0945. The van der Waals surface area contributed by atoms with E-state index >= 15 is 0 Å². The number of hydrogen-bond acceptors (Lipinski definition) is 3. The number of nitrogens with zero attached hydrogens (tertiary/aromatic N) is 1. The van der Waals surface area contributed by atoms with Gasteiger partial charge in [0, 0.05) is 5.92 Å². The van der Waals surface area contributed by atoms with E-state index < -0.39 is 5.97 Å². The molecule has 14 heavy (non-hydrogen) atoms. The number of aliphatic carboxylic acids is 1. The van der Waals surface area contributed by atoms with Crippen LogP contribution in [0.5, 0.6) is 0 Å². The number of carbonyl (C=O) groups is 1. The van der Waals surface area contributed by atoms with Crippen molar-refractivity contribution < 1.29 is 9.90 Å². The van der Waals surface area contributed by atoms with Gasteiger partial charge in [-0.3, -0.25) is 4.79 Å². The van der Waals surface area contributed by atoms with Crippen LogP contribution >= 0.6 is 11.3 Å². The highest BCUT2D eigenvalue weighted by atomic mass is 32.1. The Hall–Kier alpha value is -1.34. The lowest BCUT2D eigenvalue weighted by Crippen LogP contribution is -2.02. The van der Waals surface area contributed by atoms with Crippen LogP contribution in [0.3, 0.4) is 0 Å². The molecule has 1 heterocycles. The van der Waals surface area contributed by atoms with Crippen molar-refractivity contribution in [2.24, 2.45) is 0 Å². The first-order valence-corrected chi connectivity index (χ1v) is 5.04. The zero-order valence-corrected chi connectivity index (χ0v) is 8.89. The lowest BCUT2D eigenvalue weighted by molar-refractivity contribution is -0.136. The van der Waals surface area contributed by atoms with Crippen LogP contribution in [0.1, 0.15) is 35.3 Å². The van der Waals surface area contributed by atoms with Crippen LogP contribution in [0.25, 0.3) is 0 Å². The molecular formula is C10H11NO2S. The minimum Gasteiger partial charge on any atom is -0.481 e. The average Bonchev–Trinajstić information content (AvgIpc) is 2.46. The molecule has 1 aromatic rings. The van der Waals surface area contributed by atoms with Crippen molar-refractivity contribution in [3.63, 3.8) is 0 Å². The van der Waals surface area contributed by atoms with Crippen LogP contribution in [0, 0.1) is 12.3 Å². The second kappa shape index (κ2) is 4.25. The first-order chi connectivity index (χ1) is 6.54. The van der Waals surface area contributed by atoms with Gasteiger partial charge in [0.15, 0.2) is 0 Å². The highest BCUT2D eigenvalue weighted by Crippen LogP contribution is 2.24. The Bertz CT molecular complexity index is 387. The van der Waals surface area contributed by atoms with Gasteiger partial charge in [-0.1, -0.05) is 19.8 Å². The van der Waals surface area contributed by atoms with Crippen molar-refractivity contribution in [1.82, 2.24) is 4.98 Å². The Morgan fingerprint density at radius 2 is 2.36 bits per heavy atom. The van der Waals surface area contributed by atoms with Crippen LogP contribution in [0.15, 0.2) is 0 Å². The molecule has 0 saturated carbocycles. The fraction of sp³-hybridized carbons (Fsp3) is 0.400. The fourth-order valence-electron chi connectivity index (χ4n) is 0.993. The van der Waals surface area contributed by atoms with E-state index in [0.717, 1.165) is 5.01 Å². The quantitative estimate of drug-likeness (QED) is 0.773. The molecule has 3 nitrogen and oxygen atoms in total. The minimum atomic E-state index is -0.901. The molecular weight excluding hydrogens is 198 g/mol. The van der Waals surface area contributed by atoms with Crippen molar-refractivity contribution >= 4 is 17.3 Å². The number of rotatable bonds is 3. The van der Waals surface area contributed by atoms with Gasteiger partial charge in [0.2, 0.25) is 0 Å². The molecule has 0 spiro atoms. The molecule has 0 atom stereocenters. The van der Waals surface area contributed by atoms with Crippen molar-refractivity contribution in [2.45, 2.75) is 26.2 Å². The van der Waals surface area contributed by atoms with Gasteiger partial charge in [-0.2, -0.15) is 0 Å². The SMILES string of the molecule is C#Cc1sc(C(C)C)nc1CC(=O)O. The third-order valence-corrected chi connectivity index (χ3v) is 2.99. The Labute approximate surface area is 86.8 Å². The molecule has 0 aliphatic heterocycles. The molecule has 1 rings (SSSR count). The summed E-state index contributed by atoms with van der Waals surface area (Å²) >= 11 is 1.40. The van der Waals surface area contributed by atoms with Gasteiger partial charge in [0.25, 0.3) is 0 Å². The molecule has 0 fully saturated rings. The van der Waals surface area contributed by atoms with Gasteiger partial charge < -0.3 is 5.11 Å². The van der Waals surface area contributed by atoms with Crippen molar-refractivity contribution in [2.75, 3.05) is 0 Å². The summed E-state index contributed by atoms with van der Waals surface area (Å²) in [4.78, 5) is 15.4. The zero-order valence-electron chi connectivity index (χ0n) is 8.07. The first kappa shape index (κ1) is 10.7. The summed E-state index contributed by atoms with van der Waals surface area (Å²) in [6.45, 7) is 4.01. The van der Waals surface area contributed by atoms with Crippen LogP contribution < -0.4 is 0 Å². The first-order valence-electron chi connectivity index (χ1n) is 4.22. The van der Waals surface area contributed by atoms with E-state index in [0.29, 0.717) is 10.6 Å². The largest absolute Gasteiger partial charge is 0.481 e. The van der Waals surface area contributed by atoms with E-state index in [1.807, 2.05) is 13.8 Å². The Morgan fingerprint density at radius 1 is 1.71 bits per heavy atom. The van der Waals surface area contributed by atoms with E-state index in [2.05, 4.69) is 10.9 Å². The maximum atomic E-state index is 10.5. The van der Waals surface area contributed by atoms with Gasteiger partial charge in [0.05, 0.1) is 17.1 Å². The lowest BCUT2D eigenvalue weighted by atomic mass is 10.2. The standard InChI is InChI=1S/C10H11NO2S/c1-4-8-7(5-9(12)13)11-10(14-8)6(2)3/h1,6H,5H2,2-3H3,(H,12,13). The number of thiazole rings is 1. The summed E-state index contributed by atoms with van der Waals surface area (Å²) in [7, 11) is 0. The van der Waals surface area contributed by atoms with Gasteiger partial charge in [-0.05, 0) is 0 Å². The smallest absolute Gasteiger partial charge is 0.309 e. The van der Waals surface area contributed by atoms with E-state index in [-0.39, 0.29) is 12.3 Å². The molecule has 0 amide bonds. The van der Waals surface area contributed by atoms with Gasteiger partial charge in [0.1, 0.15) is 4.88 Å². The average molecular weight is 209 g/mol. The predicted molar refractivity (Wildman–Crippen MR) is 55.5 cm³/mol. The number of terminal acetylenes is 1. The zero-order chi connectivity index (χ0) is 10.7. The Balaban J connectivity index is 3.04. The summed E-state index contributed by atoms with van der Waals surface area (Å²) in [6, 6.07) is 0. The Morgan fingerprint density at radius 3 is 2.79 bits per heavy atom. The molecule has 0 aliphatic carbocycles. The van der Waals surface area contributed by atoms with Crippen LogP contribution in [0.2, 0.25) is 0 Å². The Kier molecular flexibility index (Phi) is 3.26. The predicted octanol–water partition coefficient (Wildman–Crippen LogP) is 1.87. The summed E-state index contributed by atoms with van der Waals surface area (Å²) in [5.74, 6) is 1.85. The molecule has 4 heteroatoms. The van der Waals surface area contributed by atoms with E-state index in [1.54, 1.807) is 0 Å². The number of carboxylic acid groups (broad SMARTS) is 1. The molecule has 0 bridgehead atoms. The summed E-state index contributed by atoms with van der Waals surface area (Å²) in [5, 5.41) is 9.53. The second-order valence-corrected chi connectivity index (χ2v) is 4.23. The number of aromatic nitrogens is 1. The van der Waals surface area contributed by atoms with Crippen molar-refractivity contribution in [3.05, 3.63) is 15.6 Å². The topological polar surface area (TPSA) is 50.2 Å². The highest BCUT2D eigenvalue weighted by molar-refractivity contribution is 7.12. The summed E-state index contributed by atoms with van der Waals surface area (Å²) < 4.78 is 0. The fourth-order valence-corrected chi connectivity index (χ4v) is 1.89. The van der Waals surface area contributed by atoms with E-state index in [9.17, 15) is 4.79 Å². The normalized spacial score (nSPS) is 10.1. The molecule has 0 radical (unpaired) electrons. The second-order valence-electron chi connectivity index (χ2n) is 3.20. The number of carboxylic acids is 1. The van der Waals surface area contributed by atoms with E-state index in [4.69, 9.17) is 11.5 Å².